The van der Waals surface area contributed by atoms with Crippen LogP contribution < -0.4 is 5.32 Å². The molecule has 0 heterocycles. The summed E-state index contributed by atoms with van der Waals surface area (Å²) in [4.78, 5) is 12.0. The van der Waals surface area contributed by atoms with Gasteiger partial charge < -0.3 is 15.5 Å². The Bertz CT molecular complexity index is 569. The van der Waals surface area contributed by atoms with Crippen LogP contribution in [-0.4, -0.2) is 28.8 Å². The number of aliphatic hydroxyl groups excluding tert-OH is 1. The quantitative estimate of drug-likeness (QED) is 0.775. The van der Waals surface area contributed by atoms with Crippen molar-refractivity contribution in [3.05, 3.63) is 65.7 Å². The third-order valence-electron chi connectivity index (χ3n) is 2.99. The van der Waals surface area contributed by atoms with Crippen LogP contribution in [0.2, 0.25) is 0 Å². The molecule has 2 aromatic rings. The minimum atomic E-state index is -0.354. The van der Waals surface area contributed by atoms with Crippen molar-refractivity contribution in [1.29, 1.82) is 0 Å². The van der Waals surface area contributed by atoms with Gasteiger partial charge in [-0.1, -0.05) is 36.4 Å². The van der Waals surface area contributed by atoms with Crippen LogP contribution >= 0.6 is 0 Å². The van der Waals surface area contributed by atoms with Gasteiger partial charge in [0.25, 0.3) is 5.91 Å². The van der Waals surface area contributed by atoms with Gasteiger partial charge in [0.1, 0.15) is 5.75 Å². The number of amides is 1. The maximum atomic E-state index is 12.0. The van der Waals surface area contributed by atoms with E-state index in [9.17, 15) is 15.0 Å². The average molecular weight is 271 g/mol. The third kappa shape index (κ3) is 3.83. The summed E-state index contributed by atoms with van der Waals surface area (Å²) >= 11 is 0. The van der Waals surface area contributed by atoms with Crippen LogP contribution in [0.4, 0.5) is 0 Å². The van der Waals surface area contributed by atoms with Crippen molar-refractivity contribution < 1.29 is 15.0 Å². The van der Waals surface area contributed by atoms with E-state index in [1.807, 2.05) is 30.3 Å². The minimum absolute atomic E-state index is 0.0428. The van der Waals surface area contributed by atoms with Crippen molar-refractivity contribution in [3.8, 4) is 5.75 Å². The fourth-order valence-corrected chi connectivity index (χ4v) is 1.98. The van der Waals surface area contributed by atoms with Crippen molar-refractivity contribution >= 4 is 5.91 Å². The summed E-state index contributed by atoms with van der Waals surface area (Å²) in [6.45, 7) is -0.139. The Kier molecular flexibility index (Phi) is 4.74. The number of phenolic OH excluding ortho intramolecular Hbond substituents is 1. The molecule has 0 bridgehead atoms. The van der Waals surface area contributed by atoms with E-state index in [2.05, 4.69) is 5.32 Å². The van der Waals surface area contributed by atoms with Crippen molar-refractivity contribution in [1.82, 2.24) is 5.32 Å². The van der Waals surface area contributed by atoms with Gasteiger partial charge in [0.15, 0.2) is 0 Å². The zero-order chi connectivity index (χ0) is 14.4. The molecule has 0 fully saturated rings. The Morgan fingerprint density at radius 2 is 1.85 bits per heavy atom. The summed E-state index contributed by atoms with van der Waals surface area (Å²) in [6, 6.07) is 15.4. The zero-order valence-electron chi connectivity index (χ0n) is 11.0. The lowest BCUT2D eigenvalue weighted by Crippen LogP contribution is -2.39. The van der Waals surface area contributed by atoms with Gasteiger partial charge in [-0.15, -0.1) is 0 Å². The standard InChI is InChI=1S/C16H17NO3/c18-11-14(9-12-5-2-1-3-6-12)17-16(20)13-7-4-8-15(19)10-13/h1-8,10,14,18-19H,9,11H2,(H,17,20)/t14-/m0/s1. The fourth-order valence-electron chi connectivity index (χ4n) is 1.98. The molecule has 0 radical (unpaired) electrons. The summed E-state index contributed by atoms with van der Waals surface area (Å²) in [5, 5.41) is 21.5. The topological polar surface area (TPSA) is 69.6 Å². The predicted octanol–water partition coefficient (Wildman–Crippen LogP) is 1.73. The molecule has 4 nitrogen and oxygen atoms in total. The summed E-state index contributed by atoms with van der Waals surface area (Å²) in [7, 11) is 0. The molecule has 20 heavy (non-hydrogen) atoms. The van der Waals surface area contributed by atoms with Gasteiger partial charge in [0.05, 0.1) is 12.6 Å². The first-order valence-electron chi connectivity index (χ1n) is 6.43. The lowest BCUT2D eigenvalue weighted by Gasteiger charge is -2.16. The molecular weight excluding hydrogens is 254 g/mol. The number of hydrogen-bond donors (Lipinski definition) is 3. The second kappa shape index (κ2) is 6.73. The van der Waals surface area contributed by atoms with Crippen LogP contribution in [0.1, 0.15) is 15.9 Å². The Balaban J connectivity index is 2.01. The van der Waals surface area contributed by atoms with Crippen LogP contribution in [0.3, 0.4) is 0 Å². The SMILES string of the molecule is O=C(N[C@H](CO)Cc1ccccc1)c1cccc(O)c1. The number of rotatable bonds is 5. The van der Waals surface area contributed by atoms with Crippen molar-refractivity contribution in [3.63, 3.8) is 0 Å². The number of hydrogen-bond acceptors (Lipinski definition) is 3. The lowest BCUT2D eigenvalue weighted by atomic mass is 10.1. The molecular formula is C16H17NO3. The molecule has 104 valence electrons. The molecule has 0 spiro atoms. The van der Waals surface area contributed by atoms with Crippen molar-refractivity contribution in [2.45, 2.75) is 12.5 Å². The predicted molar refractivity (Wildman–Crippen MR) is 76.6 cm³/mol. The van der Waals surface area contributed by atoms with Crippen LogP contribution in [-0.2, 0) is 6.42 Å². The number of phenols is 1. The summed E-state index contributed by atoms with van der Waals surface area (Å²) in [5.74, 6) is -0.267. The van der Waals surface area contributed by atoms with Gasteiger partial charge in [-0.05, 0) is 30.2 Å². The van der Waals surface area contributed by atoms with E-state index in [1.165, 1.54) is 12.1 Å². The Labute approximate surface area is 117 Å². The van der Waals surface area contributed by atoms with Crippen LogP contribution in [0.15, 0.2) is 54.6 Å². The molecule has 0 unspecified atom stereocenters. The van der Waals surface area contributed by atoms with E-state index >= 15 is 0 Å². The summed E-state index contributed by atoms with van der Waals surface area (Å²) in [6.07, 6.45) is 0.557. The Morgan fingerprint density at radius 1 is 1.10 bits per heavy atom. The Hall–Kier alpha value is -2.33. The highest BCUT2D eigenvalue weighted by Crippen LogP contribution is 2.11. The third-order valence-corrected chi connectivity index (χ3v) is 2.99. The number of aromatic hydroxyl groups is 1. The average Bonchev–Trinajstić information content (AvgIpc) is 2.47. The number of carbonyl (C=O) groups is 1. The van der Waals surface area contributed by atoms with Gasteiger partial charge in [0, 0.05) is 5.56 Å². The number of nitrogens with one attached hydrogen (secondary N) is 1. The second-order valence-corrected chi connectivity index (χ2v) is 4.59. The van der Waals surface area contributed by atoms with E-state index in [1.54, 1.807) is 12.1 Å². The van der Waals surface area contributed by atoms with Gasteiger partial charge in [0.2, 0.25) is 0 Å². The van der Waals surface area contributed by atoms with E-state index in [-0.39, 0.29) is 24.3 Å². The van der Waals surface area contributed by atoms with E-state index in [0.717, 1.165) is 5.56 Å². The zero-order valence-corrected chi connectivity index (χ0v) is 11.0. The molecule has 4 heteroatoms. The van der Waals surface area contributed by atoms with Gasteiger partial charge >= 0.3 is 0 Å². The maximum absolute atomic E-state index is 12.0. The molecule has 0 aliphatic rings. The largest absolute Gasteiger partial charge is 0.508 e. The number of benzene rings is 2. The van der Waals surface area contributed by atoms with E-state index in [0.29, 0.717) is 12.0 Å². The van der Waals surface area contributed by atoms with Crippen molar-refractivity contribution in [2.24, 2.45) is 0 Å². The fraction of sp³-hybridized carbons (Fsp3) is 0.188. The van der Waals surface area contributed by atoms with E-state index < -0.39 is 0 Å². The second-order valence-electron chi connectivity index (χ2n) is 4.59. The molecule has 1 amide bonds. The first-order valence-corrected chi connectivity index (χ1v) is 6.43. The van der Waals surface area contributed by atoms with Crippen LogP contribution in [0.5, 0.6) is 5.75 Å². The highest BCUT2D eigenvalue weighted by molar-refractivity contribution is 5.94. The molecule has 3 N–H and O–H groups in total. The molecule has 0 aromatic heterocycles. The molecule has 2 aromatic carbocycles. The molecule has 0 saturated heterocycles. The number of aliphatic hydroxyl groups is 1. The number of carbonyl (C=O) groups excluding carboxylic acids is 1. The summed E-state index contributed by atoms with van der Waals surface area (Å²) in [5.41, 5.74) is 1.42. The van der Waals surface area contributed by atoms with Crippen molar-refractivity contribution in [2.75, 3.05) is 6.61 Å². The highest BCUT2D eigenvalue weighted by atomic mass is 16.3. The summed E-state index contributed by atoms with van der Waals surface area (Å²) < 4.78 is 0. The molecule has 0 aliphatic heterocycles. The van der Waals surface area contributed by atoms with Gasteiger partial charge in [-0.2, -0.15) is 0 Å². The minimum Gasteiger partial charge on any atom is -0.508 e. The smallest absolute Gasteiger partial charge is 0.251 e. The normalized spacial score (nSPS) is 11.8. The molecule has 0 aliphatic carbocycles. The molecule has 0 saturated carbocycles. The van der Waals surface area contributed by atoms with E-state index in [4.69, 9.17) is 0 Å². The van der Waals surface area contributed by atoms with Crippen LogP contribution in [0, 0.1) is 0 Å². The first kappa shape index (κ1) is 14.1. The lowest BCUT2D eigenvalue weighted by molar-refractivity contribution is 0.0916. The molecule has 2 rings (SSSR count). The Morgan fingerprint density at radius 3 is 2.50 bits per heavy atom. The maximum Gasteiger partial charge on any atom is 0.251 e. The highest BCUT2D eigenvalue weighted by Gasteiger charge is 2.13. The van der Waals surface area contributed by atoms with Gasteiger partial charge in [-0.3, -0.25) is 4.79 Å². The monoisotopic (exact) mass is 271 g/mol. The molecule has 1 atom stereocenters. The first-order chi connectivity index (χ1) is 9.69. The van der Waals surface area contributed by atoms with Gasteiger partial charge in [-0.25, -0.2) is 0 Å². The van der Waals surface area contributed by atoms with Crippen LogP contribution in [0.25, 0.3) is 0 Å².